The molecule has 0 saturated heterocycles. The molecule has 1 fully saturated rings. The highest BCUT2D eigenvalue weighted by atomic mass is 16.3. The normalized spacial score (nSPS) is 17.9. The van der Waals surface area contributed by atoms with Gasteiger partial charge in [0.05, 0.1) is 5.60 Å². The Morgan fingerprint density at radius 1 is 1.25 bits per heavy atom. The second-order valence-corrected chi connectivity index (χ2v) is 6.94. The molecular formula is C15H28N2O3. The molecule has 116 valence electrons. The molecule has 1 aliphatic rings. The van der Waals surface area contributed by atoms with E-state index in [0.717, 1.165) is 25.7 Å². The van der Waals surface area contributed by atoms with Gasteiger partial charge in [0.2, 0.25) is 11.8 Å². The van der Waals surface area contributed by atoms with Crippen LogP contribution in [0, 0.1) is 5.41 Å². The molecule has 0 radical (unpaired) electrons. The molecule has 20 heavy (non-hydrogen) atoms. The molecule has 2 N–H and O–H groups in total. The zero-order valence-corrected chi connectivity index (χ0v) is 13.2. The van der Waals surface area contributed by atoms with Gasteiger partial charge in [-0.05, 0) is 12.8 Å². The Bertz CT molecular complexity index is 355. The van der Waals surface area contributed by atoms with Crippen molar-refractivity contribution in [1.29, 1.82) is 0 Å². The number of carbonyl (C=O) groups excluding carboxylic acids is 2. The lowest BCUT2D eigenvalue weighted by Crippen LogP contribution is -2.43. The Balaban J connectivity index is 2.30. The quantitative estimate of drug-likeness (QED) is 0.799. The van der Waals surface area contributed by atoms with Crippen molar-refractivity contribution in [2.24, 2.45) is 5.41 Å². The second-order valence-electron chi connectivity index (χ2n) is 6.94. The van der Waals surface area contributed by atoms with E-state index in [9.17, 15) is 14.7 Å². The average molecular weight is 284 g/mol. The summed E-state index contributed by atoms with van der Waals surface area (Å²) < 4.78 is 0. The summed E-state index contributed by atoms with van der Waals surface area (Å²) in [5.41, 5.74) is -1.15. The maximum Gasteiger partial charge on any atom is 0.225 e. The van der Waals surface area contributed by atoms with Crippen LogP contribution >= 0.6 is 0 Å². The van der Waals surface area contributed by atoms with Crippen molar-refractivity contribution >= 4 is 11.8 Å². The van der Waals surface area contributed by atoms with Gasteiger partial charge in [0, 0.05) is 32.0 Å². The summed E-state index contributed by atoms with van der Waals surface area (Å²) in [6.07, 6.45) is 3.87. The molecule has 5 nitrogen and oxygen atoms in total. The predicted molar refractivity (Wildman–Crippen MR) is 78.1 cm³/mol. The van der Waals surface area contributed by atoms with E-state index < -0.39 is 11.0 Å². The average Bonchev–Trinajstić information content (AvgIpc) is 2.74. The van der Waals surface area contributed by atoms with Crippen molar-refractivity contribution in [1.82, 2.24) is 10.2 Å². The standard InChI is InChI=1S/C15H28N2O3/c1-14(2,3)13(19)16-10-7-12(18)17(4)11-15(20)8-5-6-9-15/h20H,5-11H2,1-4H3,(H,16,19). The number of amides is 2. The number of aliphatic hydroxyl groups is 1. The molecule has 2 amide bonds. The van der Waals surface area contributed by atoms with Crippen LogP contribution in [0.2, 0.25) is 0 Å². The van der Waals surface area contributed by atoms with Crippen molar-refractivity contribution in [2.45, 2.75) is 58.5 Å². The van der Waals surface area contributed by atoms with Gasteiger partial charge in [-0.3, -0.25) is 9.59 Å². The number of likely N-dealkylation sites (N-methyl/N-ethyl adjacent to an activating group) is 1. The lowest BCUT2D eigenvalue weighted by molar-refractivity contribution is -0.133. The summed E-state index contributed by atoms with van der Waals surface area (Å²) >= 11 is 0. The molecule has 0 aliphatic heterocycles. The highest BCUT2D eigenvalue weighted by Gasteiger charge is 2.33. The van der Waals surface area contributed by atoms with Crippen molar-refractivity contribution in [3.05, 3.63) is 0 Å². The summed E-state index contributed by atoms with van der Waals surface area (Å²) in [5, 5.41) is 13.0. The number of hydrogen-bond donors (Lipinski definition) is 2. The van der Waals surface area contributed by atoms with Crippen LogP contribution in [-0.4, -0.2) is 47.6 Å². The Labute approximate surface area is 121 Å². The third-order valence-electron chi connectivity index (χ3n) is 3.80. The van der Waals surface area contributed by atoms with E-state index in [1.165, 1.54) is 0 Å². The van der Waals surface area contributed by atoms with E-state index in [4.69, 9.17) is 0 Å². The molecular weight excluding hydrogens is 256 g/mol. The number of carbonyl (C=O) groups is 2. The van der Waals surface area contributed by atoms with Gasteiger partial charge < -0.3 is 15.3 Å². The van der Waals surface area contributed by atoms with Crippen LogP contribution in [0.3, 0.4) is 0 Å². The van der Waals surface area contributed by atoms with E-state index in [2.05, 4.69) is 5.32 Å². The summed E-state index contributed by atoms with van der Waals surface area (Å²) in [6.45, 7) is 6.25. The molecule has 0 aromatic carbocycles. The fourth-order valence-corrected chi connectivity index (χ4v) is 2.46. The maximum absolute atomic E-state index is 12.0. The molecule has 0 aromatic heterocycles. The minimum absolute atomic E-state index is 0.0421. The molecule has 1 rings (SSSR count). The van der Waals surface area contributed by atoms with Gasteiger partial charge in [0.25, 0.3) is 0 Å². The van der Waals surface area contributed by atoms with Gasteiger partial charge in [-0.25, -0.2) is 0 Å². The van der Waals surface area contributed by atoms with Crippen LogP contribution in [-0.2, 0) is 9.59 Å². The SMILES string of the molecule is CN(CC1(O)CCCC1)C(=O)CCNC(=O)C(C)(C)C. The summed E-state index contributed by atoms with van der Waals surface area (Å²) in [4.78, 5) is 25.2. The van der Waals surface area contributed by atoms with Crippen molar-refractivity contribution < 1.29 is 14.7 Å². The first-order chi connectivity index (χ1) is 9.14. The smallest absolute Gasteiger partial charge is 0.225 e. The molecule has 0 spiro atoms. The minimum atomic E-state index is -0.709. The fourth-order valence-electron chi connectivity index (χ4n) is 2.46. The molecule has 0 atom stereocenters. The van der Waals surface area contributed by atoms with Gasteiger partial charge in [-0.2, -0.15) is 0 Å². The largest absolute Gasteiger partial charge is 0.388 e. The van der Waals surface area contributed by atoms with Gasteiger partial charge in [-0.15, -0.1) is 0 Å². The van der Waals surface area contributed by atoms with E-state index in [1.807, 2.05) is 20.8 Å². The van der Waals surface area contributed by atoms with Crippen LogP contribution in [0.15, 0.2) is 0 Å². The lowest BCUT2D eigenvalue weighted by Gasteiger charge is -2.28. The van der Waals surface area contributed by atoms with E-state index in [0.29, 0.717) is 13.1 Å². The Kier molecular flexibility index (Phi) is 5.57. The van der Waals surface area contributed by atoms with Crippen LogP contribution < -0.4 is 5.32 Å². The molecule has 0 bridgehead atoms. The number of rotatable bonds is 5. The molecule has 1 saturated carbocycles. The Morgan fingerprint density at radius 2 is 1.80 bits per heavy atom. The Morgan fingerprint density at radius 3 is 2.30 bits per heavy atom. The zero-order valence-electron chi connectivity index (χ0n) is 13.2. The molecule has 5 heteroatoms. The number of nitrogens with zero attached hydrogens (tertiary/aromatic N) is 1. The minimum Gasteiger partial charge on any atom is -0.388 e. The van der Waals surface area contributed by atoms with Crippen LogP contribution in [0.5, 0.6) is 0 Å². The molecule has 0 unspecified atom stereocenters. The Hall–Kier alpha value is -1.10. The summed E-state index contributed by atoms with van der Waals surface area (Å²) in [6, 6.07) is 0. The molecule has 0 heterocycles. The van der Waals surface area contributed by atoms with Crippen LogP contribution in [0.1, 0.15) is 52.9 Å². The third-order valence-corrected chi connectivity index (χ3v) is 3.80. The highest BCUT2D eigenvalue weighted by molar-refractivity contribution is 5.82. The van der Waals surface area contributed by atoms with Crippen molar-refractivity contribution in [2.75, 3.05) is 20.1 Å². The zero-order chi connectivity index (χ0) is 15.4. The summed E-state index contributed by atoms with van der Waals surface area (Å²) in [5.74, 6) is -0.0955. The topological polar surface area (TPSA) is 69.6 Å². The van der Waals surface area contributed by atoms with E-state index in [-0.39, 0.29) is 18.2 Å². The predicted octanol–water partition coefficient (Wildman–Crippen LogP) is 1.30. The lowest BCUT2D eigenvalue weighted by atomic mass is 9.96. The van der Waals surface area contributed by atoms with Gasteiger partial charge in [0.1, 0.15) is 0 Å². The van der Waals surface area contributed by atoms with Crippen LogP contribution in [0.25, 0.3) is 0 Å². The first-order valence-corrected chi connectivity index (χ1v) is 7.39. The van der Waals surface area contributed by atoms with Gasteiger partial charge in [0.15, 0.2) is 0 Å². The monoisotopic (exact) mass is 284 g/mol. The summed E-state index contributed by atoms with van der Waals surface area (Å²) in [7, 11) is 1.71. The first kappa shape index (κ1) is 17.0. The number of hydrogen-bond acceptors (Lipinski definition) is 3. The van der Waals surface area contributed by atoms with Crippen molar-refractivity contribution in [3.8, 4) is 0 Å². The number of nitrogens with one attached hydrogen (secondary N) is 1. The van der Waals surface area contributed by atoms with Crippen LogP contribution in [0.4, 0.5) is 0 Å². The first-order valence-electron chi connectivity index (χ1n) is 7.39. The third kappa shape index (κ3) is 5.12. The molecule has 0 aromatic rings. The van der Waals surface area contributed by atoms with Gasteiger partial charge in [-0.1, -0.05) is 33.6 Å². The highest BCUT2D eigenvalue weighted by Crippen LogP contribution is 2.29. The van der Waals surface area contributed by atoms with E-state index in [1.54, 1.807) is 11.9 Å². The molecule has 1 aliphatic carbocycles. The fraction of sp³-hybridized carbons (Fsp3) is 0.867. The van der Waals surface area contributed by atoms with Crippen molar-refractivity contribution in [3.63, 3.8) is 0 Å². The van der Waals surface area contributed by atoms with E-state index >= 15 is 0 Å². The second kappa shape index (κ2) is 6.57. The van der Waals surface area contributed by atoms with Gasteiger partial charge >= 0.3 is 0 Å². The maximum atomic E-state index is 12.0.